The van der Waals surface area contributed by atoms with Crippen molar-refractivity contribution in [1.29, 1.82) is 0 Å². The number of hydrogen-bond acceptors (Lipinski definition) is 5. The summed E-state index contributed by atoms with van der Waals surface area (Å²) < 4.78 is 60.6. The van der Waals surface area contributed by atoms with E-state index in [2.05, 4.69) is 5.32 Å². The van der Waals surface area contributed by atoms with Crippen LogP contribution < -0.4 is 5.32 Å². The van der Waals surface area contributed by atoms with Crippen molar-refractivity contribution in [2.75, 3.05) is 39.3 Å². The number of likely N-dealkylation sites (N-methyl/N-ethyl adjacent to an activating group) is 1. The van der Waals surface area contributed by atoms with Crippen molar-refractivity contribution >= 4 is 21.7 Å². The molecule has 156 valence electrons. The Morgan fingerprint density at radius 2 is 1.71 bits per heavy atom. The average molecular weight is 421 g/mol. The Kier molecular flexibility index (Phi) is 7.05. The lowest BCUT2D eigenvalue weighted by Crippen LogP contribution is -2.40. The first-order valence-electron chi connectivity index (χ1n) is 8.76. The van der Waals surface area contributed by atoms with Gasteiger partial charge in [0.15, 0.2) is 0 Å². The molecule has 0 bridgehead atoms. The Labute approximate surface area is 161 Å². The zero-order valence-electron chi connectivity index (χ0n) is 15.3. The molecule has 1 aliphatic heterocycles. The molecule has 1 heterocycles. The van der Waals surface area contributed by atoms with Gasteiger partial charge in [0, 0.05) is 38.3 Å². The molecule has 0 aliphatic carbocycles. The highest BCUT2D eigenvalue weighted by atomic mass is 32.2. The second-order valence-electron chi connectivity index (χ2n) is 6.35. The topological polar surface area (TPSA) is 86.8 Å². The van der Waals surface area contributed by atoms with Gasteiger partial charge >= 0.3 is 5.51 Å². The van der Waals surface area contributed by atoms with Gasteiger partial charge < -0.3 is 10.2 Å². The van der Waals surface area contributed by atoms with Gasteiger partial charge in [-0.05, 0) is 37.6 Å². The maximum absolute atomic E-state index is 12.6. The number of alkyl halides is 3. The fourth-order valence-corrected chi connectivity index (χ4v) is 3.64. The molecule has 0 aromatic heterocycles. The number of amides is 2. The van der Waals surface area contributed by atoms with Gasteiger partial charge in [-0.2, -0.15) is 13.2 Å². The van der Waals surface area contributed by atoms with E-state index in [0.717, 1.165) is 24.3 Å². The summed E-state index contributed by atoms with van der Waals surface area (Å²) >= 11 is 0. The molecule has 1 saturated heterocycles. The fraction of sp³-hybridized carbons (Fsp3) is 0.529. The number of halogens is 3. The van der Waals surface area contributed by atoms with Crippen LogP contribution in [0.25, 0.3) is 0 Å². The molecule has 1 aromatic carbocycles. The Balaban J connectivity index is 2.03. The van der Waals surface area contributed by atoms with Crippen LogP contribution in [-0.2, 0) is 14.6 Å². The summed E-state index contributed by atoms with van der Waals surface area (Å²) in [6, 6.07) is 3.74. The van der Waals surface area contributed by atoms with Gasteiger partial charge in [0.2, 0.25) is 5.91 Å². The number of hydrogen-bond donors (Lipinski definition) is 1. The minimum absolute atomic E-state index is 0.0938. The smallest absolute Gasteiger partial charge is 0.355 e. The Hall–Kier alpha value is -2.14. The predicted molar refractivity (Wildman–Crippen MR) is 95.3 cm³/mol. The van der Waals surface area contributed by atoms with Gasteiger partial charge in [-0.15, -0.1) is 0 Å². The third-order valence-electron chi connectivity index (χ3n) is 4.33. The number of benzene rings is 1. The van der Waals surface area contributed by atoms with Gasteiger partial charge in [0.05, 0.1) is 11.4 Å². The van der Waals surface area contributed by atoms with Gasteiger partial charge in [-0.1, -0.05) is 0 Å². The molecule has 0 unspecified atom stereocenters. The first-order chi connectivity index (χ1) is 13.1. The third-order valence-corrected chi connectivity index (χ3v) is 5.84. The molecule has 1 aromatic rings. The largest absolute Gasteiger partial charge is 0.501 e. The van der Waals surface area contributed by atoms with Gasteiger partial charge in [0.1, 0.15) is 0 Å². The molecule has 2 amide bonds. The minimum Gasteiger partial charge on any atom is -0.355 e. The van der Waals surface area contributed by atoms with Crippen LogP contribution >= 0.6 is 0 Å². The minimum atomic E-state index is -5.44. The van der Waals surface area contributed by atoms with Crippen LogP contribution in [0.1, 0.15) is 23.7 Å². The summed E-state index contributed by atoms with van der Waals surface area (Å²) in [6.45, 7) is 4.53. The number of nitrogens with one attached hydrogen (secondary N) is 1. The first-order valence-corrected chi connectivity index (χ1v) is 10.2. The zero-order valence-corrected chi connectivity index (χ0v) is 16.1. The summed E-state index contributed by atoms with van der Waals surface area (Å²) in [4.78, 5) is 26.9. The molecule has 2 rings (SSSR count). The van der Waals surface area contributed by atoms with Crippen LogP contribution in [0, 0.1) is 0 Å². The van der Waals surface area contributed by atoms with Crippen LogP contribution in [0.5, 0.6) is 0 Å². The van der Waals surface area contributed by atoms with Crippen LogP contribution in [-0.4, -0.2) is 74.8 Å². The number of carbonyl (C=O) groups excluding carboxylic acids is 2. The average Bonchev–Trinajstić information content (AvgIpc) is 2.86. The second-order valence-corrected chi connectivity index (χ2v) is 8.29. The van der Waals surface area contributed by atoms with E-state index in [0.29, 0.717) is 39.1 Å². The van der Waals surface area contributed by atoms with E-state index in [1.54, 1.807) is 4.90 Å². The highest BCUT2D eigenvalue weighted by Crippen LogP contribution is 2.30. The molecule has 0 atom stereocenters. The van der Waals surface area contributed by atoms with Crippen molar-refractivity contribution in [3.63, 3.8) is 0 Å². The number of rotatable bonds is 5. The van der Waals surface area contributed by atoms with Crippen molar-refractivity contribution in [3.8, 4) is 0 Å². The molecule has 11 heteroatoms. The van der Waals surface area contributed by atoms with E-state index < -0.39 is 26.1 Å². The van der Waals surface area contributed by atoms with Crippen LogP contribution in [0.2, 0.25) is 0 Å². The van der Waals surface area contributed by atoms with E-state index in [9.17, 15) is 31.2 Å². The molecular weight excluding hydrogens is 399 g/mol. The molecule has 0 radical (unpaired) electrons. The van der Waals surface area contributed by atoms with E-state index in [1.807, 2.05) is 11.8 Å². The highest BCUT2D eigenvalue weighted by molar-refractivity contribution is 7.92. The monoisotopic (exact) mass is 421 g/mol. The van der Waals surface area contributed by atoms with Gasteiger partial charge in [-0.25, -0.2) is 8.42 Å². The maximum Gasteiger partial charge on any atom is 0.501 e. The Morgan fingerprint density at radius 3 is 2.29 bits per heavy atom. The van der Waals surface area contributed by atoms with Crippen LogP contribution in [0.4, 0.5) is 13.2 Å². The second kappa shape index (κ2) is 8.91. The standard InChI is InChI=1S/C17H22F3N3O4S/c1-2-21-15(24)12-22-8-3-9-23(11-10-22)16(25)13-4-6-14(7-5-13)28(26,27)17(18,19)20/h4-7H,2-3,8-12H2,1H3,(H,21,24). The molecule has 7 nitrogen and oxygen atoms in total. The first kappa shape index (κ1) is 22.2. The van der Waals surface area contributed by atoms with Crippen LogP contribution in [0.3, 0.4) is 0 Å². The lowest BCUT2D eigenvalue weighted by atomic mass is 10.2. The molecule has 0 saturated carbocycles. The van der Waals surface area contributed by atoms with Gasteiger partial charge in [0.25, 0.3) is 15.7 Å². The van der Waals surface area contributed by atoms with Gasteiger partial charge in [-0.3, -0.25) is 14.5 Å². The molecule has 1 N–H and O–H groups in total. The molecular formula is C17H22F3N3O4S. The lowest BCUT2D eigenvalue weighted by Gasteiger charge is -2.22. The van der Waals surface area contributed by atoms with Crippen molar-refractivity contribution in [3.05, 3.63) is 29.8 Å². The van der Waals surface area contributed by atoms with Crippen molar-refractivity contribution in [2.24, 2.45) is 0 Å². The van der Waals surface area contributed by atoms with E-state index >= 15 is 0 Å². The van der Waals surface area contributed by atoms with E-state index in [4.69, 9.17) is 0 Å². The number of carbonyl (C=O) groups is 2. The normalized spacial score (nSPS) is 16.5. The Bertz CT molecular complexity index is 810. The van der Waals surface area contributed by atoms with Crippen LogP contribution in [0.15, 0.2) is 29.2 Å². The fourth-order valence-electron chi connectivity index (χ4n) is 2.88. The summed E-state index contributed by atoms with van der Waals surface area (Å²) in [5.41, 5.74) is -5.28. The number of sulfone groups is 1. The van der Waals surface area contributed by atoms with Crippen molar-refractivity contribution in [1.82, 2.24) is 15.1 Å². The van der Waals surface area contributed by atoms with E-state index in [-0.39, 0.29) is 18.0 Å². The molecule has 1 fully saturated rings. The lowest BCUT2D eigenvalue weighted by molar-refractivity contribution is -0.122. The van der Waals surface area contributed by atoms with Crippen molar-refractivity contribution < 1.29 is 31.2 Å². The third kappa shape index (κ3) is 5.22. The quantitative estimate of drug-likeness (QED) is 0.774. The molecule has 0 spiro atoms. The molecule has 28 heavy (non-hydrogen) atoms. The SMILES string of the molecule is CCNC(=O)CN1CCCN(C(=O)c2ccc(S(=O)(=O)C(F)(F)F)cc2)CC1. The molecule has 1 aliphatic rings. The summed E-state index contributed by atoms with van der Waals surface area (Å²) in [5, 5.41) is 2.71. The number of nitrogens with zero attached hydrogens (tertiary/aromatic N) is 2. The maximum atomic E-state index is 12.6. The summed E-state index contributed by atoms with van der Waals surface area (Å²) in [7, 11) is -5.44. The summed E-state index contributed by atoms with van der Waals surface area (Å²) in [6.07, 6.45) is 0.645. The van der Waals surface area contributed by atoms with E-state index in [1.165, 1.54) is 0 Å². The van der Waals surface area contributed by atoms with Crippen molar-refractivity contribution in [2.45, 2.75) is 23.7 Å². The Morgan fingerprint density at radius 1 is 1.07 bits per heavy atom. The predicted octanol–water partition coefficient (Wildman–Crippen LogP) is 1.26. The summed E-state index contributed by atoms with van der Waals surface area (Å²) in [5.74, 6) is -0.487. The zero-order chi connectivity index (χ0) is 20.9. The highest BCUT2D eigenvalue weighted by Gasteiger charge is 2.46.